The van der Waals surface area contributed by atoms with Gasteiger partial charge >= 0.3 is 0 Å². The smallest absolute Gasteiger partial charge is 0.270 e. The molecule has 3 aromatic carbocycles. The Kier molecular flexibility index (Phi) is 5.82. The van der Waals surface area contributed by atoms with Gasteiger partial charge in [0, 0.05) is 44.1 Å². The number of fused-ring (bicyclic) bond motifs is 1. The second-order valence-corrected chi connectivity index (χ2v) is 7.86. The van der Waals surface area contributed by atoms with Crippen LogP contribution in [0.3, 0.4) is 0 Å². The van der Waals surface area contributed by atoms with E-state index in [-0.39, 0.29) is 24.2 Å². The molecule has 156 valence electrons. The number of rotatable bonds is 6. The molecule has 1 saturated heterocycles. The van der Waals surface area contributed by atoms with E-state index >= 15 is 0 Å². The highest BCUT2D eigenvalue weighted by Crippen LogP contribution is 2.32. The van der Waals surface area contributed by atoms with Gasteiger partial charge in [-0.2, -0.15) is 0 Å². The van der Waals surface area contributed by atoms with Crippen LogP contribution in [0.25, 0.3) is 10.8 Å². The van der Waals surface area contributed by atoms with E-state index in [0.717, 1.165) is 28.9 Å². The fraction of sp³-hybridized carbons (Fsp3) is 0.320. The molecule has 0 unspecified atom stereocenters. The van der Waals surface area contributed by atoms with Crippen molar-refractivity contribution in [3.63, 3.8) is 0 Å². The molecule has 5 heteroatoms. The Balaban J connectivity index is 1.62. The average molecular weight is 409 g/mol. The molecule has 1 aliphatic rings. The molecule has 0 amide bonds. The molecule has 30 heavy (non-hydrogen) atoms. The van der Waals surface area contributed by atoms with Gasteiger partial charge in [0.25, 0.3) is 5.92 Å². The number of ether oxygens (including phenoxy) is 1. The Morgan fingerprint density at radius 1 is 0.967 bits per heavy atom. The van der Waals surface area contributed by atoms with Crippen LogP contribution in [0.1, 0.15) is 23.6 Å². The third-order valence-corrected chi connectivity index (χ3v) is 5.59. The highest BCUT2D eigenvalue weighted by molar-refractivity contribution is 5.92. The van der Waals surface area contributed by atoms with Gasteiger partial charge in [0.05, 0.1) is 13.2 Å². The zero-order chi connectivity index (χ0) is 21.1. The Bertz CT molecular complexity index is 1050. The normalized spacial score (nSPS) is 14.8. The minimum Gasteiger partial charge on any atom is -0.378 e. The standard InChI is InChI=1S/C25H25F2NO2/c1-25(26,27)21-9-10-24(28-11-13-30-14-12-28)20(15-21)17-22(29)16-19-7-4-6-18-5-2-3-8-23(18)19/h2-10,15H,11-14,16-17H2,1H3. The lowest BCUT2D eigenvalue weighted by Crippen LogP contribution is -2.37. The summed E-state index contributed by atoms with van der Waals surface area (Å²) in [6, 6.07) is 18.6. The van der Waals surface area contributed by atoms with Gasteiger partial charge in [0.1, 0.15) is 5.78 Å². The number of morpholine rings is 1. The van der Waals surface area contributed by atoms with Gasteiger partial charge in [-0.25, -0.2) is 8.78 Å². The average Bonchev–Trinajstić information content (AvgIpc) is 2.74. The van der Waals surface area contributed by atoms with Gasteiger partial charge in [0.15, 0.2) is 0 Å². The number of nitrogens with zero attached hydrogens (tertiary/aromatic N) is 1. The van der Waals surface area contributed by atoms with E-state index in [1.807, 2.05) is 42.5 Å². The van der Waals surface area contributed by atoms with E-state index in [0.29, 0.717) is 31.9 Å². The molecule has 0 aromatic heterocycles. The van der Waals surface area contributed by atoms with E-state index in [9.17, 15) is 13.6 Å². The number of carbonyl (C=O) groups is 1. The Hall–Kier alpha value is -2.79. The van der Waals surface area contributed by atoms with Gasteiger partial charge in [-0.15, -0.1) is 0 Å². The molecule has 0 aliphatic carbocycles. The number of benzene rings is 3. The third kappa shape index (κ3) is 4.51. The van der Waals surface area contributed by atoms with E-state index in [4.69, 9.17) is 4.74 Å². The summed E-state index contributed by atoms with van der Waals surface area (Å²) in [7, 11) is 0. The third-order valence-electron chi connectivity index (χ3n) is 5.59. The van der Waals surface area contributed by atoms with Crippen LogP contribution in [0.15, 0.2) is 60.7 Å². The van der Waals surface area contributed by atoms with Crippen molar-refractivity contribution < 1.29 is 18.3 Å². The minimum absolute atomic E-state index is 0.0115. The van der Waals surface area contributed by atoms with Crippen molar-refractivity contribution in [2.75, 3.05) is 31.2 Å². The van der Waals surface area contributed by atoms with Crippen molar-refractivity contribution in [2.45, 2.75) is 25.7 Å². The van der Waals surface area contributed by atoms with Crippen LogP contribution >= 0.6 is 0 Å². The quantitative estimate of drug-likeness (QED) is 0.564. The first-order valence-corrected chi connectivity index (χ1v) is 10.2. The molecule has 0 bridgehead atoms. The maximum Gasteiger partial charge on any atom is 0.270 e. The maximum absolute atomic E-state index is 13.9. The summed E-state index contributed by atoms with van der Waals surface area (Å²) in [6.45, 7) is 3.45. The summed E-state index contributed by atoms with van der Waals surface area (Å²) in [5.41, 5.74) is 2.40. The number of hydrogen-bond acceptors (Lipinski definition) is 3. The van der Waals surface area contributed by atoms with E-state index in [1.54, 1.807) is 6.07 Å². The van der Waals surface area contributed by atoms with Crippen LogP contribution in [0.5, 0.6) is 0 Å². The molecule has 0 spiro atoms. The molecule has 4 rings (SSSR count). The lowest BCUT2D eigenvalue weighted by Gasteiger charge is -2.31. The number of carbonyl (C=O) groups excluding carboxylic acids is 1. The lowest BCUT2D eigenvalue weighted by atomic mass is 9.95. The predicted octanol–water partition coefficient (Wildman–Crippen LogP) is 5.14. The summed E-state index contributed by atoms with van der Waals surface area (Å²) >= 11 is 0. The number of ketones is 1. The SMILES string of the molecule is CC(F)(F)c1ccc(N2CCOCC2)c(CC(=O)Cc2cccc3ccccc23)c1. The summed E-state index contributed by atoms with van der Waals surface area (Å²) in [5.74, 6) is -2.94. The van der Waals surface area contributed by atoms with Crippen molar-refractivity contribution in [1.82, 2.24) is 0 Å². The maximum atomic E-state index is 13.9. The number of Topliss-reactive ketones (excluding diaryl/α,β-unsaturated/α-hetero) is 1. The fourth-order valence-electron chi connectivity index (χ4n) is 4.05. The summed E-state index contributed by atoms with van der Waals surface area (Å²) < 4.78 is 33.3. The molecule has 0 atom stereocenters. The Labute approximate surface area is 175 Å². The van der Waals surface area contributed by atoms with E-state index < -0.39 is 5.92 Å². The molecule has 1 fully saturated rings. The Morgan fingerprint density at radius 3 is 2.43 bits per heavy atom. The number of anilines is 1. The first kappa shape index (κ1) is 20.5. The van der Waals surface area contributed by atoms with Gasteiger partial charge < -0.3 is 9.64 Å². The fourth-order valence-corrected chi connectivity index (χ4v) is 4.05. The molecule has 0 saturated carbocycles. The summed E-state index contributed by atoms with van der Waals surface area (Å²) in [6.07, 6.45) is 0.399. The van der Waals surface area contributed by atoms with Gasteiger partial charge in [0.2, 0.25) is 0 Å². The van der Waals surface area contributed by atoms with Crippen molar-refractivity contribution in [2.24, 2.45) is 0 Å². The molecule has 1 aliphatic heterocycles. The van der Waals surface area contributed by atoms with Crippen LogP contribution < -0.4 is 4.90 Å². The van der Waals surface area contributed by atoms with Crippen LogP contribution in [-0.4, -0.2) is 32.1 Å². The number of halogens is 2. The van der Waals surface area contributed by atoms with Crippen LogP contribution in [0.4, 0.5) is 14.5 Å². The molecule has 1 heterocycles. The zero-order valence-corrected chi connectivity index (χ0v) is 17.0. The molecular weight excluding hydrogens is 384 g/mol. The van der Waals surface area contributed by atoms with E-state index in [2.05, 4.69) is 4.90 Å². The second-order valence-electron chi connectivity index (χ2n) is 7.86. The molecule has 3 nitrogen and oxygen atoms in total. The number of hydrogen-bond donors (Lipinski definition) is 0. The monoisotopic (exact) mass is 409 g/mol. The summed E-state index contributed by atoms with van der Waals surface area (Å²) in [5, 5.41) is 2.14. The second kappa shape index (κ2) is 8.52. The molecule has 0 N–H and O–H groups in total. The highest BCUT2D eigenvalue weighted by atomic mass is 19.3. The first-order valence-electron chi connectivity index (χ1n) is 10.2. The van der Waals surface area contributed by atoms with Gasteiger partial charge in [-0.3, -0.25) is 4.79 Å². The van der Waals surface area contributed by atoms with Crippen molar-refractivity contribution in [3.05, 3.63) is 77.4 Å². The largest absolute Gasteiger partial charge is 0.378 e. The van der Waals surface area contributed by atoms with Crippen molar-refractivity contribution in [1.29, 1.82) is 0 Å². The zero-order valence-electron chi connectivity index (χ0n) is 17.0. The van der Waals surface area contributed by atoms with Gasteiger partial charge in [-0.1, -0.05) is 48.5 Å². The van der Waals surface area contributed by atoms with Crippen molar-refractivity contribution in [3.8, 4) is 0 Å². The summed E-state index contributed by atoms with van der Waals surface area (Å²) in [4.78, 5) is 15.1. The molecule has 0 radical (unpaired) electrons. The van der Waals surface area contributed by atoms with Crippen LogP contribution in [0, 0.1) is 0 Å². The predicted molar refractivity (Wildman–Crippen MR) is 115 cm³/mol. The Morgan fingerprint density at radius 2 is 1.67 bits per heavy atom. The van der Waals surface area contributed by atoms with Crippen LogP contribution in [-0.2, 0) is 28.3 Å². The molecular formula is C25H25F2NO2. The highest BCUT2D eigenvalue weighted by Gasteiger charge is 2.26. The van der Waals surface area contributed by atoms with Gasteiger partial charge in [-0.05, 0) is 34.0 Å². The topological polar surface area (TPSA) is 29.5 Å². The molecule has 3 aromatic rings. The minimum atomic E-state index is -2.95. The van der Waals surface area contributed by atoms with Crippen LogP contribution in [0.2, 0.25) is 0 Å². The van der Waals surface area contributed by atoms with E-state index in [1.165, 1.54) is 12.1 Å². The lowest BCUT2D eigenvalue weighted by molar-refractivity contribution is -0.117. The van der Waals surface area contributed by atoms with Crippen molar-refractivity contribution >= 4 is 22.2 Å². The first-order chi connectivity index (χ1) is 14.4. The number of alkyl halides is 2.